The first-order chi connectivity index (χ1) is 9.59. The van der Waals surface area contributed by atoms with E-state index in [0.29, 0.717) is 6.54 Å². The average Bonchev–Trinajstić information content (AvgIpc) is 2.36. The van der Waals surface area contributed by atoms with Crippen molar-refractivity contribution in [3.05, 3.63) is 27.7 Å². The fourth-order valence-corrected chi connectivity index (χ4v) is 3.25. The lowest BCUT2D eigenvalue weighted by Crippen LogP contribution is -2.37. The van der Waals surface area contributed by atoms with E-state index in [-0.39, 0.29) is 32.5 Å². The third-order valence-electron chi connectivity index (χ3n) is 2.90. The number of carbonyl (C=O) groups excluding carboxylic acids is 1. The number of hydrogen-bond acceptors (Lipinski definition) is 3. The number of benzene rings is 1. The van der Waals surface area contributed by atoms with Crippen molar-refractivity contribution in [1.29, 1.82) is 0 Å². The van der Waals surface area contributed by atoms with Crippen LogP contribution >= 0.6 is 23.2 Å². The molecule has 0 radical (unpaired) electrons. The first-order valence-corrected chi connectivity index (χ1v) is 8.72. The van der Waals surface area contributed by atoms with E-state index < -0.39 is 10.0 Å². The second-order valence-electron chi connectivity index (χ2n) is 4.91. The molecule has 0 fully saturated rings. The Kier molecular flexibility index (Phi) is 6.04. The van der Waals surface area contributed by atoms with Crippen LogP contribution in [0, 0.1) is 0 Å². The van der Waals surface area contributed by atoms with Gasteiger partial charge in [0.2, 0.25) is 10.0 Å². The molecule has 5 nitrogen and oxygen atoms in total. The average molecular weight is 353 g/mol. The van der Waals surface area contributed by atoms with Gasteiger partial charge in [0.1, 0.15) is 4.90 Å². The molecule has 0 aromatic heterocycles. The molecule has 0 atom stereocenters. The molecular weight excluding hydrogens is 335 g/mol. The van der Waals surface area contributed by atoms with E-state index in [0.717, 1.165) is 12.5 Å². The van der Waals surface area contributed by atoms with Crippen molar-refractivity contribution in [2.75, 3.05) is 6.54 Å². The summed E-state index contributed by atoms with van der Waals surface area (Å²) in [5.74, 6) is -0.310. The van der Waals surface area contributed by atoms with Gasteiger partial charge in [-0.05, 0) is 32.4 Å². The minimum absolute atomic E-state index is 0.0215. The minimum atomic E-state index is -4.06. The lowest BCUT2D eigenvalue weighted by Gasteiger charge is -2.26. The van der Waals surface area contributed by atoms with Crippen LogP contribution in [0.5, 0.6) is 0 Å². The molecule has 0 saturated heterocycles. The standard InChI is InChI=1S/C13H18Cl2N2O3S/c1-4-5-17(8(2)3)13(18)9-6-10(14)12(15)11(7-9)21(16,19)20/h6-8H,4-5H2,1-3H3,(H2,16,19,20). The van der Waals surface area contributed by atoms with Gasteiger partial charge in [-0.2, -0.15) is 0 Å². The molecule has 0 unspecified atom stereocenters. The number of hydrogen-bond donors (Lipinski definition) is 1. The maximum absolute atomic E-state index is 12.5. The molecule has 21 heavy (non-hydrogen) atoms. The van der Waals surface area contributed by atoms with E-state index >= 15 is 0 Å². The molecule has 0 aliphatic rings. The molecule has 1 rings (SSSR count). The summed E-state index contributed by atoms with van der Waals surface area (Å²) in [5, 5.41) is 4.89. The zero-order chi connectivity index (χ0) is 16.4. The second-order valence-corrected chi connectivity index (χ2v) is 7.22. The number of sulfonamides is 1. The lowest BCUT2D eigenvalue weighted by atomic mass is 10.1. The Balaban J connectivity index is 3.38. The smallest absolute Gasteiger partial charge is 0.254 e. The normalized spacial score (nSPS) is 11.8. The lowest BCUT2D eigenvalue weighted by molar-refractivity contribution is 0.0705. The van der Waals surface area contributed by atoms with E-state index in [1.165, 1.54) is 6.07 Å². The molecular formula is C13H18Cl2N2O3S. The zero-order valence-corrected chi connectivity index (χ0v) is 14.4. The molecule has 0 bridgehead atoms. The Morgan fingerprint density at radius 1 is 1.33 bits per heavy atom. The Labute approximate surface area is 135 Å². The summed E-state index contributed by atoms with van der Waals surface area (Å²) < 4.78 is 23.0. The number of amides is 1. The highest BCUT2D eigenvalue weighted by molar-refractivity contribution is 7.89. The predicted octanol–water partition coefficient (Wildman–Crippen LogP) is 2.90. The first kappa shape index (κ1) is 18.2. The van der Waals surface area contributed by atoms with Crippen LogP contribution in [0.3, 0.4) is 0 Å². The molecule has 0 aliphatic carbocycles. The van der Waals surface area contributed by atoms with Crippen LogP contribution < -0.4 is 5.14 Å². The highest BCUT2D eigenvalue weighted by Crippen LogP contribution is 2.30. The van der Waals surface area contributed by atoms with Crippen LogP contribution in [0.2, 0.25) is 10.0 Å². The van der Waals surface area contributed by atoms with Gasteiger partial charge in [-0.3, -0.25) is 4.79 Å². The van der Waals surface area contributed by atoms with Gasteiger partial charge >= 0.3 is 0 Å². The second kappa shape index (κ2) is 6.96. The van der Waals surface area contributed by atoms with Crippen LogP contribution in [0.4, 0.5) is 0 Å². The highest BCUT2D eigenvalue weighted by atomic mass is 35.5. The molecule has 8 heteroatoms. The number of carbonyl (C=O) groups is 1. The number of primary sulfonamides is 1. The summed E-state index contributed by atoms with van der Waals surface area (Å²) in [6.07, 6.45) is 0.785. The maximum Gasteiger partial charge on any atom is 0.254 e. The molecule has 1 aromatic rings. The van der Waals surface area contributed by atoms with Gasteiger partial charge in [0.25, 0.3) is 5.91 Å². The number of nitrogens with two attached hydrogens (primary N) is 1. The molecule has 1 amide bonds. The fraction of sp³-hybridized carbons (Fsp3) is 0.462. The summed E-state index contributed by atoms with van der Waals surface area (Å²) >= 11 is 11.7. The van der Waals surface area contributed by atoms with Crippen LogP contribution in [-0.4, -0.2) is 31.8 Å². The van der Waals surface area contributed by atoms with E-state index in [2.05, 4.69) is 0 Å². The largest absolute Gasteiger partial charge is 0.336 e. The van der Waals surface area contributed by atoms with Crippen molar-refractivity contribution >= 4 is 39.1 Å². The maximum atomic E-state index is 12.5. The van der Waals surface area contributed by atoms with Gasteiger partial charge in [0.05, 0.1) is 10.0 Å². The first-order valence-electron chi connectivity index (χ1n) is 6.42. The summed E-state index contributed by atoms with van der Waals surface area (Å²) in [6.45, 7) is 6.27. The van der Waals surface area contributed by atoms with Gasteiger partial charge < -0.3 is 4.90 Å². The summed E-state index contributed by atoms with van der Waals surface area (Å²) in [7, 11) is -4.06. The minimum Gasteiger partial charge on any atom is -0.336 e. The van der Waals surface area contributed by atoms with E-state index in [1.54, 1.807) is 4.90 Å². The Morgan fingerprint density at radius 3 is 2.33 bits per heavy atom. The topological polar surface area (TPSA) is 80.5 Å². The van der Waals surface area contributed by atoms with E-state index in [1.807, 2.05) is 20.8 Å². The quantitative estimate of drug-likeness (QED) is 0.884. The van der Waals surface area contributed by atoms with Crippen molar-refractivity contribution in [2.45, 2.75) is 38.1 Å². The fourth-order valence-electron chi connectivity index (χ4n) is 1.90. The van der Waals surface area contributed by atoms with Gasteiger partial charge in [0.15, 0.2) is 0 Å². The summed E-state index contributed by atoms with van der Waals surface area (Å²) in [4.78, 5) is 13.8. The van der Waals surface area contributed by atoms with Gasteiger partial charge in [-0.15, -0.1) is 0 Å². The van der Waals surface area contributed by atoms with E-state index in [4.69, 9.17) is 28.3 Å². The van der Waals surface area contributed by atoms with Crippen LogP contribution in [0.15, 0.2) is 17.0 Å². The van der Waals surface area contributed by atoms with Crippen molar-refractivity contribution in [3.8, 4) is 0 Å². The summed E-state index contributed by atoms with van der Waals surface area (Å²) in [5.41, 5.74) is 0.149. The Hall–Kier alpha value is -0.820. The number of halogens is 2. The van der Waals surface area contributed by atoms with Crippen molar-refractivity contribution < 1.29 is 13.2 Å². The summed E-state index contributed by atoms with van der Waals surface area (Å²) in [6, 6.07) is 2.49. The third-order valence-corrected chi connectivity index (χ3v) is 4.75. The Bertz CT molecular complexity index is 645. The van der Waals surface area contributed by atoms with Crippen molar-refractivity contribution in [3.63, 3.8) is 0 Å². The van der Waals surface area contributed by atoms with E-state index in [9.17, 15) is 13.2 Å². The SMILES string of the molecule is CCCN(C(=O)c1cc(Cl)c(Cl)c(S(N)(=O)=O)c1)C(C)C. The highest BCUT2D eigenvalue weighted by Gasteiger charge is 2.23. The van der Waals surface area contributed by atoms with Gasteiger partial charge in [0, 0.05) is 18.2 Å². The zero-order valence-electron chi connectivity index (χ0n) is 12.1. The third kappa shape index (κ3) is 4.32. The molecule has 2 N–H and O–H groups in total. The number of rotatable bonds is 5. The molecule has 0 heterocycles. The van der Waals surface area contributed by atoms with Crippen molar-refractivity contribution in [2.24, 2.45) is 5.14 Å². The predicted molar refractivity (Wildman–Crippen MR) is 84.3 cm³/mol. The molecule has 0 spiro atoms. The Morgan fingerprint density at radius 2 is 1.90 bits per heavy atom. The van der Waals surface area contributed by atoms with Crippen molar-refractivity contribution in [1.82, 2.24) is 4.90 Å². The van der Waals surface area contributed by atoms with Gasteiger partial charge in [-0.25, -0.2) is 13.6 Å². The molecule has 0 aliphatic heterocycles. The number of nitrogens with zero attached hydrogens (tertiary/aromatic N) is 1. The van der Waals surface area contributed by atoms with Crippen LogP contribution in [0.1, 0.15) is 37.6 Å². The molecule has 1 aromatic carbocycles. The monoisotopic (exact) mass is 352 g/mol. The molecule has 118 valence electrons. The molecule has 0 saturated carbocycles. The van der Waals surface area contributed by atoms with Crippen LogP contribution in [0.25, 0.3) is 0 Å². The van der Waals surface area contributed by atoms with Crippen LogP contribution in [-0.2, 0) is 10.0 Å². The van der Waals surface area contributed by atoms with Gasteiger partial charge in [-0.1, -0.05) is 30.1 Å².